The van der Waals surface area contributed by atoms with Crippen molar-refractivity contribution in [2.24, 2.45) is 0 Å². The van der Waals surface area contributed by atoms with Gasteiger partial charge in [-0.1, -0.05) is 38.5 Å². The zero-order valence-corrected chi connectivity index (χ0v) is 11.7. The SMILES string of the molecule is CCCC(CN(C)Cc1ccccc1F)NCC. The van der Waals surface area contributed by atoms with Crippen LogP contribution in [0.1, 0.15) is 32.3 Å². The Bertz CT molecular complexity index is 335. The Kier molecular flexibility index (Phi) is 6.91. The summed E-state index contributed by atoms with van der Waals surface area (Å²) in [5.74, 6) is -0.111. The van der Waals surface area contributed by atoms with Gasteiger partial charge in [-0.25, -0.2) is 4.39 Å². The lowest BCUT2D eigenvalue weighted by Crippen LogP contribution is -2.39. The van der Waals surface area contributed by atoms with Gasteiger partial charge in [-0.15, -0.1) is 0 Å². The van der Waals surface area contributed by atoms with E-state index in [4.69, 9.17) is 0 Å². The molecule has 0 saturated carbocycles. The van der Waals surface area contributed by atoms with E-state index in [0.717, 1.165) is 25.1 Å². The lowest BCUT2D eigenvalue weighted by Gasteiger charge is -2.24. The molecule has 3 heteroatoms. The summed E-state index contributed by atoms with van der Waals surface area (Å²) in [6, 6.07) is 7.50. The summed E-state index contributed by atoms with van der Waals surface area (Å²) in [6.45, 7) is 6.92. The molecule has 0 aliphatic carbocycles. The summed E-state index contributed by atoms with van der Waals surface area (Å²) in [4.78, 5) is 2.18. The summed E-state index contributed by atoms with van der Waals surface area (Å²) in [5, 5.41) is 3.48. The lowest BCUT2D eigenvalue weighted by molar-refractivity contribution is 0.272. The highest BCUT2D eigenvalue weighted by Gasteiger charge is 2.11. The molecule has 0 heterocycles. The summed E-state index contributed by atoms with van der Waals surface area (Å²) in [5.41, 5.74) is 0.770. The predicted molar refractivity (Wildman–Crippen MR) is 75.1 cm³/mol. The lowest BCUT2D eigenvalue weighted by atomic mass is 10.1. The average Bonchev–Trinajstić information content (AvgIpc) is 2.33. The molecule has 1 aromatic rings. The summed E-state index contributed by atoms with van der Waals surface area (Å²) in [7, 11) is 2.05. The van der Waals surface area contributed by atoms with Crippen molar-refractivity contribution in [2.45, 2.75) is 39.3 Å². The molecule has 0 amide bonds. The van der Waals surface area contributed by atoms with Crippen LogP contribution in [0.5, 0.6) is 0 Å². The third-order valence-corrected chi connectivity index (χ3v) is 3.06. The van der Waals surface area contributed by atoms with Crippen molar-refractivity contribution in [3.05, 3.63) is 35.6 Å². The van der Waals surface area contributed by atoms with Gasteiger partial charge in [0.1, 0.15) is 5.82 Å². The molecule has 0 saturated heterocycles. The highest BCUT2D eigenvalue weighted by atomic mass is 19.1. The molecular formula is C15H25FN2. The molecule has 0 radical (unpaired) electrons. The van der Waals surface area contributed by atoms with Crippen LogP contribution in [0.2, 0.25) is 0 Å². The van der Waals surface area contributed by atoms with Crippen LogP contribution in [-0.2, 0) is 6.54 Å². The predicted octanol–water partition coefficient (Wildman–Crippen LogP) is 3.04. The second kappa shape index (κ2) is 8.22. The maximum atomic E-state index is 13.5. The third-order valence-electron chi connectivity index (χ3n) is 3.06. The Morgan fingerprint density at radius 1 is 1.28 bits per heavy atom. The number of likely N-dealkylation sites (N-methyl/N-ethyl adjacent to an activating group) is 2. The summed E-state index contributed by atoms with van der Waals surface area (Å²) < 4.78 is 13.5. The first-order valence-electron chi connectivity index (χ1n) is 6.82. The standard InChI is InChI=1S/C15H25FN2/c1-4-8-14(17-5-2)12-18(3)11-13-9-6-7-10-15(13)16/h6-7,9-10,14,17H,4-5,8,11-12H2,1-3H3. The quantitative estimate of drug-likeness (QED) is 0.765. The van der Waals surface area contributed by atoms with Crippen molar-refractivity contribution >= 4 is 0 Å². The highest BCUT2D eigenvalue weighted by Crippen LogP contribution is 2.09. The first-order valence-corrected chi connectivity index (χ1v) is 6.82. The van der Waals surface area contributed by atoms with Crippen molar-refractivity contribution in [1.29, 1.82) is 0 Å². The topological polar surface area (TPSA) is 15.3 Å². The Morgan fingerprint density at radius 2 is 2.00 bits per heavy atom. The van der Waals surface area contributed by atoms with Crippen LogP contribution >= 0.6 is 0 Å². The zero-order chi connectivity index (χ0) is 13.4. The number of nitrogens with zero attached hydrogens (tertiary/aromatic N) is 1. The van der Waals surface area contributed by atoms with Gasteiger partial charge in [0.15, 0.2) is 0 Å². The number of rotatable bonds is 8. The van der Waals surface area contributed by atoms with Gasteiger partial charge in [0.25, 0.3) is 0 Å². The van der Waals surface area contributed by atoms with Gasteiger partial charge in [-0.05, 0) is 26.1 Å². The molecule has 0 bridgehead atoms. The van der Waals surface area contributed by atoms with Gasteiger partial charge in [-0.2, -0.15) is 0 Å². The number of benzene rings is 1. The van der Waals surface area contributed by atoms with E-state index in [1.165, 1.54) is 12.5 Å². The van der Waals surface area contributed by atoms with E-state index in [1.807, 2.05) is 19.2 Å². The van der Waals surface area contributed by atoms with Crippen LogP contribution < -0.4 is 5.32 Å². The van der Waals surface area contributed by atoms with Crippen molar-refractivity contribution in [3.63, 3.8) is 0 Å². The molecule has 0 aromatic heterocycles. The van der Waals surface area contributed by atoms with Crippen LogP contribution in [0, 0.1) is 5.82 Å². The van der Waals surface area contributed by atoms with E-state index in [2.05, 4.69) is 24.1 Å². The molecule has 0 fully saturated rings. The molecule has 1 rings (SSSR count). The molecule has 0 aliphatic rings. The Labute approximate surface area is 110 Å². The minimum atomic E-state index is -0.111. The van der Waals surface area contributed by atoms with E-state index in [9.17, 15) is 4.39 Å². The number of hydrogen-bond donors (Lipinski definition) is 1. The highest BCUT2D eigenvalue weighted by molar-refractivity contribution is 5.16. The molecule has 1 unspecified atom stereocenters. The van der Waals surface area contributed by atoms with Gasteiger partial charge in [0.05, 0.1) is 0 Å². The minimum Gasteiger partial charge on any atom is -0.313 e. The van der Waals surface area contributed by atoms with Crippen LogP contribution in [0.15, 0.2) is 24.3 Å². The molecule has 102 valence electrons. The average molecular weight is 252 g/mol. The van der Waals surface area contributed by atoms with Crippen molar-refractivity contribution in [2.75, 3.05) is 20.1 Å². The molecule has 0 aliphatic heterocycles. The van der Waals surface area contributed by atoms with E-state index in [-0.39, 0.29) is 5.82 Å². The van der Waals surface area contributed by atoms with Crippen LogP contribution in [0.25, 0.3) is 0 Å². The van der Waals surface area contributed by atoms with Crippen LogP contribution in [-0.4, -0.2) is 31.1 Å². The van der Waals surface area contributed by atoms with Crippen molar-refractivity contribution in [3.8, 4) is 0 Å². The monoisotopic (exact) mass is 252 g/mol. The van der Waals surface area contributed by atoms with Gasteiger partial charge in [-0.3, -0.25) is 0 Å². The Hall–Kier alpha value is -0.930. The van der Waals surface area contributed by atoms with E-state index in [0.29, 0.717) is 12.6 Å². The summed E-state index contributed by atoms with van der Waals surface area (Å²) in [6.07, 6.45) is 2.33. The smallest absolute Gasteiger partial charge is 0.127 e. The first-order chi connectivity index (χ1) is 8.67. The number of halogens is 1. The van der Waals surface area contributed by atoms with Crippen molar-refractivity contribution < 1.29 is 4.39 Å². The number of nitrogens with one attached hydrogen (secondary N) is 1. The largest absolute Gasteiger partial charge is 0.313 e. The van der Waals surface area contributed by atoms with E-state index in [1.54, 1.807) is 6.07 Å². The van der Waals surface area contributed by atoms with Gasteiger partial charge < -0.3 is 10.2 Å². The number of hydrogen-bond acceptors (Lipinski definition) is 2. The molecular weight excluding hydrogens is 227 g/mol. The second-order valence-corrected chi connectivity index (χ2v) is 4.83. The molecule has 1 atom stereocenters. The fraction of sp³-hybridized carbons (Fsp3) is 0.600. The summed E-state index contributed by atoms with van der Waals surface area (Å²) >= 11 is 0. The van der Waals surface area contributed by atoms with Crippen LogP contribution in [0.3, 0.4) is 0 Å². The molecule has 1 N–H and O–H groups in total. The molecule has 18 heavy (non-hydrogen) atoms. The molecule has 2 nitrogen and oxygen atoms in total. The first kappa shape index (κ1) is 15.1. The Balaban J connectivity index is 2.49. The van der Waals surface area contributed by atoms with Crippen molar-refractivity contribution in [1.82, 2.24) is 10.2 Å². The Morgan fingerprint density at radius 3 is 2.61 bits per heavy atom. The fourth-order valence-corrected chi connectivity index (χ4v) is 2.25. The van der Waals surface area contributed by atoms with Crippen LogP contribution in [0.4, 0.5) is 4.39 Å². The van der Waals surface area contributed by atoms with E-state index < -0.39 is 0 Å². The zero-order valence-electron chi connectivity index (χ0n) is 11.7. The minimum absolute atomic E-state index is 0.111. The maximum Gasteiger partial charge on any atom is 0.127 e. The van der Waals surface area contributed by atoms with E-state index >= 15 is 0 Å². The van der Waals surface area contributed by atoms with Gasteiger partial charge >= 0.3 is 0 Å². The fourth-order valence-electron chi connectivity index (χ4n) is 2.25. The maximum absolute atomic E-state index is 13.5. The molecule has 0 spiro atoms. The third kappa shape index (κ3) is 5.15. The van der Waals surface area contributed by atoms with Gasteiger partial charge in [0.2, 0.25) is 0 Å². The second-order valence-electron chi connectivity index (χ2n) is 4.83. The molecule has 1 aromatic carbocycles. The van der Waals surface area contributed by atoms with Gasteiger partial charge in [0, 0.05) is 24.7 Å². The normalized spacial score (nSPS) is 12.9.